The van der Waals surface area contributed by atoms with Gasteiger partial charge < -0.3 is 0 Å². The number of aryl methyl sites for hydroxylation is 1. The van der Waals surface area contributed by atoms with Crippen LogP contribution >= 0.6 is 0 Å². The number of aromatic nitrogens is 1. The number of hydrogen-bond donors (Lipinski definition) is 0. The lowest BCUT2D eigenvalue weighted by Gasteiger charge is -2.11. The van der Waals surface area contributed by atoms with E-state index in [9.17, 15) is 18.0 Å². The maximum absolute atomic E-state index is 12.6. The van der Waals surface area contributed by atoms with E-state index in [-0.39, 0.29) is 0 Å². The van der Waals surface area contributed by atoms with Gasteiger partial charge in [0.25, 0.3) is 5.56 Å². The minimum Gasteiger partial charge on any atom is -0.284 e. The van der Waals surface area contributed by atoms with E-state index in [4.69, 9.17) is 0 Å². The molecule has 1 aromatic carbocycles. The number of nitrogens with zero attached hydrogens (tertiary/aromatic N) is 1. The second kappa shape index (κ2) is 4.91. The summed E-state index contributed by atoms with van der Waals surface area (Å²) in [6.45, 7) is 1.98. The lowest BCUT2D eigenvalue weighted by atomic mass is 10.1. The minimum atomic E-state index is -4.46. The predicted octanol–water partition coefficient (Wildman–Crippen LogP) is 3.42. The first-order chi connectivity index (χ1) is 8.91. The van der Waals surface area contributed by atoms with Gasteiger partial charge in [-0.15, -0.1) is 0 Å². The fourth-order valence-electron chi connectivity index (χ4n) is 1.75. The van der Waals surface area contributed by atoms with Gasteiger partial charge in [0.15, 0.2) is 0 Å². The van der Waals surface area contributed by atoms with E-state index in [0.29, 0.717) is 5.69 Å². The molecule has 0 radical (unpaired) electrons. The van der Waals surface area contributed by atoms with Crippen LogP contribution in [-0.4, -0.2) is 4.57 Å². The lowest BCUT2D eigenvalue weighted by molar-refractivity contribution is -0.138. The molecule has 0 aliphatic carbocycles. The Labute approximate surface area is 108 Å². The molecule has 2 rings (SSSR count). The Hall–Kier alpha value is -2.04. The molecule has 2 aromatic rings. The molecule has 5 heteroatoms. The molecule has 0 N–H and O–H groups in total. The number of rotatable bonds is 2. The van der Waals surface area contributed by atoms with Gasteiger partial charge in [0.05, 0.1) is 5.56 Å². The van der Waals surface area contributed by atoms with Gasteiger partial charge in [0.1, 0.15) is 0 Å². The standard InChI is InChI=1S/C14H12F3NO/c1-2-10-3-6-12(7-4-10)18-9-11(14(15,16)17)5-8-13(18)19/h3-9H,2H2,1H3. The zero-order valence-electron chi connectivity index (χ0n) is 10.2. The van der Waals surface area contributed by atoms with Crippen molar-refractivity contribution in [3.63, 3.8) is 0 Å². The van der Waals surface area contributed by atoms with Crippen LogP contribution in [0, 0.1) is 0 Å². The van der Waals surface area contributed by atoms with Crippen molar-refractivity contribution in [1.29, 1.82) is 0 Å². The molecule has 1 aromatic heterocycles. The van der Waals surface area contributed by atoms with Crippen molar-refractivity contribution in [3.8, 4) is 5.69 Å². The molecule has 0 spiro atoms. The fourth-order valence-corrected chi connectivity index (χ4v) is 1.75. The molecular formula is C14H12F3NO. The van der Waals surface area contributed by atoms with Crippen molar-refractivity contribution in [2.45, 2.75) is 19.5 Å². The molecule has 0 fully saturated rings. The van der Waals surface area contributed by atoms with Gasteiger partial charge in [-0.3, -0.25) is 9.36 Å². The fraction of sp³-hybridized carbons (Fsp3) is 0.214. The topological polar surface area (TPSA) is 22.0 Å². The summed E-state index contributed by atoms with van der Waals surface area (Å²) in [6, 6.07) is 8.58. The van der Waals surface area contributed by atoms with E-state index in [1.54, 1.807) is 24.3 Å². The normalized spacial score (nSPS) is 11.6. The summed E-state index contributed by atoms with van der Waals surface area (Å²) in [4.78, 5) is 11.6. The van der Waals surface area contributed by atoms with Crippen molar-refractivity contribution in [1.82, 2.24) is 4.57 Å². The molecular weight excluding hydrogens is 255 g/mol. The third kappa shape index (κ3) is 2.86. The van der Waals surface area contributed by atoms with E-state index >= 15 is 0 Å². The number of benzene rings is 1. The quantitative estimate of drug-likeness (QED) is 0.817. The molecule has 100 valence electrons. The van der Waals surface area contributed by atoms with Crippen molar-refractivity contribution in [3.05, 3.63) is 64.1 Å². The monoisotopic (exact) mass is 267 g/mol. The van der Waals surface area contributed by atoms with E-state index < -0.39 is 17.3 Å². The number of alkyl halides is 3. The average molecular weight is 267 g/mol. The Balaban J connectivity index is 2.51. The van der Waals surface area contributed by atoms with Crippen LogP contribution in [0.2, 0.25) is 0 Å². The molecule has 1 heterocycles. The third-order valence-corrected chi connectivity index (χ3v) is 2.86. The summed E-state index contributed by atoms with van der Waals surface area (Å²) in [5.41, 5.74) is 0.154. The molecule has 0 saturated carbocycles. The summed E-state index contributed by atoms with van der Waals surface area (Å²) >= 11 is 0. The molecule has 0 atom stereocenters. The highest BCUT2D eigenvalue weighted by atomic mass is 19.4. The molecule has 0 amide bonds. The molecule has 0 bridgehead atoms. The summed E-state index contributed by atoms with van der Waals surface area (Å²) < 4.78 is 38.9. The van der Waals surface area contributed by atoms with E-state index in [0.717, 1.165) is 34.9 Å². The van der Waals surface area contributed by atoms with Gasteiger partial charge >= 0.3 is 6.18 Å². The second-order valence-electron chi connectivity index (χ2n) is 4.14. The van der Waals surface area contributed by atoms with Gasteiger partial charge in [0, 0.05) is 18.0 Å². The van der Waals surface area contributed by atoms with Gasteiger partial charge in [-0.1, -0.05) is 19.1 Å². The van der Waals surface area contributed by atoms with Crippen LogP contribution in [-0.2, 0) is 12.6 Å². The van der Waals surface area contributed by atoms with E-state index in [2.05, 4.69) is 0 Å². The second-order valence-corrected chi connectivity index (χ2v) is 4.14. The Bertz CT molecular complexity index is 626. The average Bonchev–Trinajstić information content (AvgIpc) is 2.38. The SMILES string of the molecule is CCc1ccc(-n2cc(C(F)(F)F)ccc2=O)cc1. The molecule has 0 aliphatic rings. The van der Waals surface area contributed by atoms with Gasteiger partial charge in [0.2, 0.25) is 0 Å². The van der Waals surface area contributed by atoms with E-state index in [1.165, 1.54) is 0 Å². The van der Waals surface area contributed by atoms with Crippen LogP contribution < -0.4 is 5.56 Å². The van der Waals surface area contributed by atoms with Crippen molar-refractivity contribution < 1.29 is 13.2 Å². The summed E-state index contributed by atoms with van der Waals surface area (Å²) in [5.74, 6) is 0. The minimum absolute atomic E-state index is 0.424. The van der Waals surface area contributed by atoms with Crippen LogP contribution in [0.15, 0.2) is 47.4 Å². The molecule has 0 saturated heterocycles. The van der Waals surface area contributed by atoms with E-state index in [1.807, 2.05) is 6.92 Å². The lowest BCUT2D eigenvalue weighted by Crippen LogP contribution is -2.19. The maximum Gasteiger partial charge on any atom is 0.417 e. The largest absolute Gasteiger partial charge is 0.417 e. The Morgan fingerprint density at radius 1 is 1.05 bits per heavy atom. The van der Waals surface area contributed by atoms with Gasteiger partial charge in [-0.2, -0.15) is 13.2 Å². The summed E-state index contributed by atoms with van der Waals surface area (Å²) in [7, 11) is 0. The van der Waals surface area contributed by atoms with Crippen molar-refractivity contribution >= 4 is 0 Å². The number of halogens is 3. The maximum atomic E-state index is 12.6. The Morgan fingerprint density at radius 2 is 1.68 bits per heavy atom. The zero-order chi connectivity index (χ0) is 14.0. The number of pyridine rings is 1. The van der Waals surface area contributed by atoms with Crippen LogP contribution in [0.1, 0.15) is 18.1 Å². The highest BCUT2D eigenvalue weighted by Crippen LogP contribution is 2.28. The highest BCUT2D eigenvalue weighted by molar-refractivity contribution is 5.36. The molecule has 0 unspecified atom stereocenters. The Morgan fingerprint density at radius 3 is 2.21 bits per heavy atom. The highest BCUT2D eigenvalue weighted by Gasteiger charge is 2.31. The van der Waals surface area contributed by atoms with Gasteiger partial charge in [-0.25, -0.2) is 0 Å². The summed E-state index contributed by atoms with van der Waals surface area (Å²) in [6.07, 6.45) is -2.81. The van der Waals surface area contributed by atoms with Crippen LogP contribution in [0.25, 0.3) is 5.69 Å². The van der Waals surface area contributed by atoms with Crippen LogP contribution in [0.5, 0.6) is 0 Å². The Kier molecular flexibility index (Phi) is 3.46. The van der Waals surface area contributed by atoms with Crippen LogP contribution in [0.3, 0.4) is 0 Å². The smallest absolute Gasteiger partial charge is 0.284 e. The predicted molar refractivity (Wildman–Crippen MR) is 66.4 cm³/mol. The molecule has 19 heavy (non-hydrogen) atoms. The third-order valence-electron chi connectivity index (χ3n) is 2.86. The number of hydrogen-bond acceptors (Lipinski definition) is 1. The van der Waals surface area contributed by atoms with Crippen molar-refractivity contribution in [2.24, 2.45) is 0 Å². The van der Waals surface area contributed by atoms with Gasteiger partial charge in [-0.05, 0) is 30.2 Å². The first-order valence-corrected chi connectivity index (χ1v) is 5.81. The zero-order valence-corrected chi connectivity index (χ0v) is 10.2. The molecule has 2 nitrogen and oxygen atoms in total. The first-order valence-electron chi connectivity index (χ1n) is 5.81. The van der Waals surface area contributed by atoms with Crippen molar-refractivity contribution in [2.75, 3.05) is 0 Å². The summed E-state index contributed by atoms with van der Waals surface area (Å²) in [5, 5.41) is 0. The molecule has 0 aliphatic heterocycles. The van der Waals surface area contributed by atoms with Crippen LogP contribution in [0.4, 0.5) is 13.2 Å². The first kappa shape index (κ1) is 13.4.